The van der Waals surface area contributed by atoms with E-state index in [1.54, 1.807) is 6.07 Å². The van der Waals surface area contributed by atoms with E-state index < -0.39 is 17.7 Å². The highest BCUT2D eigenvalue weighted by atomic mass is 79.9. The summed E-state index contributed by atoms with van der Waals surface area (Å²) < 4.78 is 28.5. The predicted octanol–water partition coefficient (Wildman–Crippen LogP) is 5.29. The van der Waals surface area contributed by atoms with Gasteiger partial charge in [-0.15, -0.1) is 11.3 Å². The van der Waals surface area contributed by atoms with E-state index in [2.05, 4.69) is 31.9 Å². The van der Waals surface area contributed by atoms with Gasteiger partial charge in [-0.05, 0) is 50.1 Å². The third-order valence-electron chi connectivity index (χ3n) is 2.27. The fraction of sp³-hybridized carbons (Fsp3) is 0.0909. The third kappa shape index (κ3) is 2.77. The van der Waals surface area contributed by atoms with E-state index in [9.17, 15) is 13.9 Å². The SMILES string of the molecule is OC(c1cc(Br)c(Br)s1)c1cc(F)c(Cl)cc1F. The molecule has 0 saturated carbocycles. The lowest BCUT2D eigenvalue weighted by Gasteiger charge is -2.10. The lowest BCUT2D eigenvalue weighted by atomic mass is 10.1. The number of rotatable bonds is 2. The second-order valence-electron chi connectivity index (χ2n) is 3.46. The Balaban J connectivity index is 2.45. The van der Waals surface area contributed by atoms with Crippen molar-refractivity contribution in [3.63, 3.8) is 0 Å². The van der Waals surface area contributed by atoms with Gasteiger partial charge in [-0.3, -0.25) is 0 Å². The molecule has 1 unspecified atom stereocenters. The van der Waals surface area contributed by atoms with Gasteiger partial charge in [-0.25, -0.2) is 8.78 Å². The number of halogens is 5. The molecule has 0 radical (unpaired) electrons. The summed E-state index contributed by atoms with van der Waals surface area (Å²) in [6.07, 6.45) is -1.23. The maximum absolute atomic E-state index is 13.6. The van der Waals surface area contributed by atoms with E-state index in [4.69, 9.17) is 11.6 Å². The van der Waals surface area contributed by atoms with Gasteiger partial charge in [0.15, 0.2) is 0 Å². The summed E-state index contributed by atoms with van der Waals surface area (Å²) in [4.78, 5) is 0.495. The van der Waals surface area contributed by atoms with Gasteiger partial charge in [-0.2, -0.15) is 0 Å². The molecule has 1 atom stereocenters. The topological polar surface area (TPSA) is 20.2 Å². The molecule has 0 spiro atoms. The highest BCUT2D eigenvalue weighted by Gasteiger charge is 2.20. The van der Waals surface area contributed by atoms with Crippen molar-refractivity contribution >= 4 is 54.8 Å². The van der Waals surface area contributed by atoms with Crippen molar-refractivity contribution < 1.29 is 13.9 Å². The fourth-order valence-electron chi connectivity index (χ4n) is 1.40. The maximum Gasteiger partial charge on any atom is 0.142 e. The monoisotopic (exact) mass is 416 g/mol. The molecule has 1 aromatic carbocycles. The molecule has 0 aliphatic carbocycles. The zero-order valence-corrected chi connectivity index (χ0v) is 13.3. The van der Waals surface area contributed by atoms with E-state index in [0.717, 1.165) is 20.4 Å². The van der Waals surface area contributed by atoms with Crippen molar-refractivity contribution in [2.24, 2.45) is 0 Å². The number of hydrogen-bond acceptors (Lipinski definition) is 2. The quantitative estimate of drug-likeness (QED) is 0.658. The molecule has 0 aliphatic heterocycles. The average molecular weight is 418 g/mol. The number of hydrogen-bond donors (Lipinski definition) is 1. The van der Waals surface area contributed by atoms with Gasteiger partial charge < -0.3 is 5.11 Å². The number of thiophene rings is 1. The van der Waals surface area contributed by atoms with Crippen molar-refractivity contribution in [2.75, 3.05) is 0 Å². The first-order chi connectivity index (χ1) is 8.40. The smallest absolute Gasteiger partial charge is 0.142 e. The van der Waals surface area contributed by atoms with Gasteiger partial charge in [0.05, 0.1) is 8.81 Å². The zero-order chi connectivity index (χ0) is 13.4. The summed E-state index contributed by atoms with van der Waals surface area (Å²) in [6.45, 7) is 0. The van der Waals surface area contributed by atoms with Crippen LogP contribution >= 0.6 is 54.8 Å². The maximum atomic E-state index is 13.6. The Morgan fingerprint density at radius 1 is 1.17 bits per heavy atom. The molecule has 0 fully saturated rings. The predicted molar refractivity (Wildman–Crippen MR) is 75.1 cm³/mol. The molecule has 2 rings (SSSR count). The van der Waals surface area contributed by atoms with Gasteiger partial charge in [0.2, 0.25) is 0 Å². The first-order valence-corrected chi connectivity index (χ1v) is 7.45. The van der Waals surface area contributed by atoms with Crippen LogP contribution in [0, 0.1) is 11.6 Å². The van der Waals surface area contributed by atoms with E-state index in [0.29, 0.717) is 4.88 Å². The number of aliphatic hydroxyl groups is 1. The first-order valence-electron chi connectivity index (χ1n) is 4.67. The molecular formula is C11H5Br2ClF2OS. The Bertz CT molecular complexity index is 583. The Labute approximate surface area is 128 Å². The zero-order valence-electron chi connectivity index (χ0n) is 8.55. The molecule has 18 heavy (non-hydrogen) atoms. The van der Waals surface area contributed by atoms with Crippen LogP contribution in [0.5, 0.6) is 0 Å². The Hall–Kier alpha value is -0.0100. The second-order valence-corrected chi connectivity index (χ2v) is 7.12. The van der Waals surface area contributed by atoms with Crippen molar-refractivity contribution in [3.8, 4) is 0 Å². The normalized spacial score (nSPS) is 12.8. The van der Waals surface area contributed by atoms with Crippen LogP contribution in [0.1, 0.15) is 16.5 Å². The van der Waals surface area contributed by atoms with Gasteiger partial charge in [0, 0.05) is 14.9 Å². The molecule has 1 aromatic heterocycles. The number of aliphatic hydroxyl groups excluding tert-OH is 1. The Morgan fingerprint density at radius 3 is 2.39 bits per heavy atom. The van der Waals surface area contributed by atoms with Crippen molar-refractivity contribution in [1.82, 2.24) is 0 Å². The summed E-state index contributed by atoms with van der Waals surface area (Å²) in [5, 5.41) is 9.74. The second kappa shape index (κ2) is 5.54. The van der Waals surface area contributed by atoms with Gasteiger partial charge in [0.25, 0.3) is 0 Å². The fourth-order valence-corrected chi connectivity index (χ4v) is 3.64. The summed E-state index contributed by atoms with van der Waals surface area (Å²) in [5.41, 5.74) is -0.141. The lowest BCUT2D eigenvalue weighted by molar-refractivity contribution is 0.218. The van der Waals surface area contributed by atoms with Crippen LogP contribution in [0.2, 0.25) is 5.02 Å². The van der Waals surface area contributed by atoms with Crippen LogP contribution in [0.3, 0.4) is 0 Å². The van der Waals surface area contributed by atoms with Crippen LogP contribution in [0.25, 0.3) is 0 Å². The summed E-state index contributed by atoms with van der Waals surface area (Å²) >= 11 is 13.2. The third-order valence-corrected chi connectivity index (χ3v) is 5.87. The van der Waals surface area contributed by atoms with Crippen LogP contribution in [0.4, 0.5) is 8.78 Å². The molecule has 1 heterocycles. The molecule has 0 bridgehead atoms. The minimum Gasteiger partial charge on any atom is -0.383 e. The van der Waals surface area contributed by atoms with Gasteiger partial charge >= 0.3 is 0 Å². The summed E-state index contributed by atoms with van der Waals surface area (Å²) in [7, 11) is 0. The van der Waals surface area contributed by atoms with E-state index >= 15 is 0 Å². The Kier molecular flexibility index (Phi) is 4.44. The lowest BCUT2D eigenvalue weighted by Crippen LogP contribution is -2.01. The molecule has 0 saturated heterocycles. The molecule has 0 aliphatic rings. The first kappa shape index (κ1) is 14.4. The van der Waals surface area contributed by atoms with Crippen molar-refractivity contribution in [2.45, 2.75) is 6.10 Å². The highest BCUT2D eigenvalue weighted by molar-refractivity contribution is 9.13. The molecular weight excluding hydrogens is 413 g/mol. The van der Waals surface area contributed by atoms with Crippen LogP contribution in [0.15, 0.2) is 26.5 Å². The Morgan fingerprint density at radius 2 is 1.83 bits per heavy atom. The standard InChI is InChI=1S/C11H5Br2ClF2OS/c12-5-2-9(18-11(5)13)10(17)4-1-8(16)6(14)3-7(4)15/h1-3,10,17H. The minimum absolute atomic E-state index is 0.141. The molecule has 0 amide bonds. The molecule has 1 nitrogen and oxygen atoms in total. The summed E-state index contributed by atoms with van der Waals surface area (Å²) in [5.74, 6) is -1.50. The van der Waals surface area contributed by atoms with E-state index in [1.807, 2.05) is 0 Å². The molecule has 1 N–H and O–H groups in total. The van der Waals surface area contributed by atoms with Crippen LogP contribution in [-0.2, 0) is 0 Å². The van der Waals surface area contributed by atoms with Crippen molar-refractivity contribution in [3.05, 3.63) is 53.6 Å². The van der Waals surface area contributed by atoms with Gasteiger partial charge in [0.1, 0.15) is 17.7 Å². The van der Waals surface area contributed by atoms with Crippen LogP contribution in [-0.4, -0.2) is 5.11 Å². The number of benzene rings is 1. The highest BCUT2D eigenvalue weighted by Crippen LogP contribution is 2.38. The summed E-state index contributed by atoms with van der Waals surface area (Å²) in [6, 6.07) is 3.41. The molecule has 7 heteroatoms. The molecule has 2 aromatic rings. The largest absolute Gasteiger partial charge is 0.383 e. The van der Waals surface area contributed by atoms with E-state index in [-0.39, 0.29) is 10.6 Å². The van der Waals surface area contributed by atoms with Gasteiger partial charge in [-0.1, -0.05) is 11.6 Å². The molecule has 96 valence electrons. The van der Waals surface area contributed by atoms with E-state index in [1.165, 1.54) is 11.3 Å². The van der Waals surface area contributed by atoms with Crippen molar-refractivity contribution in [1.29, 1.82) is 0 Å². The average Bonchev–Trinajstić information content (AvgIpc) is 2.63. The minimum atomic E-state index is -1.23. The van der Waals surface area contributed by atoms with Crippen LogP contribution < -0.4 is 0 Å².